The topological polar surface area (TPSA) is 24.9 Å². The largest absolute Gasteiger partial charge is 0.317 e. The molecule has 15 heavy (non-hydrogen) atoms. The van der Waals surface area contributed by atoms with Gasteiger partial charge in [-0.2, -0.15) is 0 Å². The third-order valence-corrected chi connectivity index (χ3v) is 3.05. The summed E-state index contributed by atoms with van der Waals surface area (Å²) in [6, 6.07) is 3.75. The van der Waals surface area contributed by atoms with Crippen LogP contribution in [-0.4, -0.2) is 18.1 Å². The minimum absolute atomic E-state index is 0.553. The van der Waals surface area contributed by atoms with Crippen LogP contribution in [0.25, 0.3) is 0 Å². The van der Waals surface area contributed by atoms with Crippen molar-refractivity contribution in [3.05, 3.63) is 29.6 Å². The molecule has 1 unspecified atom stereocenters. The highest BCUT2D eigenvalue weighted by molar-refractivity contribution is 5.21. The van der Waals surface area contributed by atoms with Gasteiger partial charge in [-0.15, -0.1) is 0 Å². The lowest BCUT2D eigenvalue weighted by molar-refractivity contribution is 0.144. The van der Waals surface area contributed by atoms with Gasteiger partial charge in [-0.3, -0.25) is 4.98 Å². The van der Waals surface area contributed by atoms with Crippen molar-refractivity contribution in [2.75, 3.05) is 13.1 Å². The van der Waals surface area contributed by atoms with E-state index in [2.05, 4.69) is 10.3 Å². The molecule has 0 bridgehead atoms. The van der Waals surface area contributed by atoms with Gasteiger partial charge < -0.3 is 5.32 Å². The smallest absolute Gasteiger partial charge is 0.138 e. The molecule has 0 aromatic carbocycles. The van der Waals surface area contributed by atoms with E-state index in [4.69, 9.17) is 0 Å². The van der Waals surface area contributed by atoms with Crippen LogP contribution in [-0.2, 0) is 5.67 Å². The Morgan fingerprint density at radius 1 is 1.33 bits per heavy atom. The van der Waals surface area contributed by atoms with Gasteiger partial charge in [-0.05, 0) is 45.3 Å². The lowest BCUT2D eigenvalue weighted by Crippen LogP contribution is -2.22. The van der Waals surface area contributed by atoms with Crippen molar-refractivity contribution in [1.29, 1.82) is 0 Å². The quantitative estimate of drug-likeness (QED) is 0.766. The number of nitrogens with zero attached hydrogens (tertiary/aromatic N) is 1. The molecular formula is C12H17FN2. The van der Waals surface area contributed by atoms with Gasteiger partial charge in [0, 0.05) is 17.5 Å². The maximum atomic E-state index is 14.6. The van der Waals surface area contributed by atoms with E-state index in [-0.39, 0.29) is 0 Å². The first-order valence-corrected chi connectivity index (χ1v) is 5.53. The highest BCUT2D eigenvalue weighted by Gasteiger charge is 2.32. The molecule has 1 fully saturated rings. The predicted molar refractivity (Wildman–Crippen MR) is 58.5 cm³/mol. The molecule has 1 aromatic rings. The molecule has 0 spiro atoms. The second-order valence-electron chi connectivity index (χ2n) is 4.26. The number of hydrogen-bond acceptors (Lipinski definition) is 2. The number of pyridine rings is 1. The Balaban J connectivity index is 2.22. The second kappa shape index (κ2) is 4.27. The van der Waals surface area contributed by atoms with E-state index in [1.54, 1.807) is 6.20 Å². The Morgan fingerprint density at radius 3 is 2.93 bits per heavy atom. The van der Waals surface area contributed by atoms with Crippen LogP contribution in [0.2, 0.25) is 0 Å². The summed E-state index contributed by atoms with van der Waals surface area (Å²) in [4.78, 5) is 4.17. The van der Waals surface area contributed by atoms with Crippen molar-refractivity contribution in [3.8, 4) is 0 Å². The standard InChI is InChI=1S/C12H17FN2/c1-10-3-4-11(9-15-10)12(13)5-2-7-14-8-6-12/h3-4,9,14H,2,5-8H2,1H3. The lowest BCUT2D eigenvalue weighted by atomic mass is 9.90. The zero-order chi connectivity index (χ0) is 10.7. The fourth-order valence-corrected chi connectivity index (χ4v) is 2.05. The Bertz CT molecular complexity index is 313. The fourth-order valence-electron chi connectivity index (χ4n) is 2.05. The van der Waals surface area contributed by atoms with E-state index in [9.17, 15) is 4.39 Å². The van der Waals surface area contributed by atoms with Gasteiger partial charge >= 0.3 is 0 Å². The van der Waals surface area contributed by atoms with E-state index in [0.29, 0.717) is 12.8 Å². The van der Waals surface area contributed by atoms with Crippen LogP contribution < -0.4 is 5.32 Å². The number of aromatic nitrogens is 1. The van der Waals surface area contributed by atoms with Crippen molar-refractivity contribution >= 4 is 0 Å². The van der Waals surface area contributed by atoms with Crippen molar-refractivity contribution in [3.63, 3.8) is 0 Å². The Hall–Kier alpha value is -0.960. The third-order valence-electron chi connectivity index (χ3n) is 3.05. The maximum absolute atomic E-state index is 14.6. The van der Waals surface area contributed by atoms with Gasteiger partial charge in [-0.1, -0.05) is 6.07 Å². The van der Waals surface area contributed by atoms with Crippen molar-refractivity contribution in [1.82, 2.24) is 10.3 Å². The maximum Gasteiger partial charge on any atom is 0.138 e. The van der Waals surface area contributed by atoms with Gasteiger partial charge in [0.1, 0.15) is 5.67 Å². The van der Waals surface area contributed by atoms with Crippen LogP contribution in [0.15, 0.2) is 18.3 Å². The van der Waals surface area contributed by atoms with Gasteiger partial charge in [-0.25, -0.2) is 4.39 Å². The minimum Gasteiger partial charge on any atom is -0.317 e. The van der Waals surface area contributed by atoms with Crippen LogP contribution >= 0.6 is 0 Å². The summed E-state index contributed by atoms with van der Waals surface area (Å²) < 4.78 is 14.6. The molecule has 0 aliphatic carbocycles. The zero-order valence-corrected chi connectivity index (χ0v) is 9.09. The summed E-state index contributed by atoms with van der Waals surface area (Å²) in [5.41, 5.74) is 0.496. The van der Waals surface area contributed by atoms with Gasteiger partial charge in [0.05, 0.1) is 0 Å². The molecule has 3 heteroatoms. The van der Waals surface area contributed by atoms with Gasteiger partial charge in [0.2, 0.25) is 0 Å². The monoisotopic (exact) mass is 208 g/mol. The molecule has 0 amide bonds. The zero-order valence-electron chi connectivity index (χ0n) is 9.09. The molecule has 82 valence electrons. The minimum atomic E-state index is -1.18. The number of aryl methyl sites for hydroxylation is 1. The summed E-state index contributed by atoms with van der Waals surface area (Å²) in [5, 5.41) is 3.22. The first-order valence-electron chi connectivity index (χ1n) is 5.53. The highest BCUT2D eigenvalue weighted by Crippen LogP contribution is 2.35. The molecule has 1 aromatic heterocycles. The van der Waals surface area contributed by atoms with E-state index < -0.39 is 5.67 Å². The van der Waals surface area contributed by atoms with Gasteiger partial charge in [0.15, 0.2) is 0 Å². The molecule has 2 heterocycles. The average molecular weight is 208 g/mol. The Kier molecular flexibility index (Phi) is 3.00. The first kappa shape index (κ1) is 10.6. The van der Waals surface area contributed by atoms with E-state index in [0.717, 1.165) is 30.8 Å². The average Bonchev–Trinajstić information content (AvgIpc) is 2.45. The van der Waals surface area contributed by atoms with Gasteiger partial charge in [0.25, 0.3) is 0 Å². The van der Waals surface area contributed by atoms with Crippen molar-refractivity contribution in [2.45, 2.75) is 31.9 Å². The third kappa shape index (κ3) is 2.34. The predicted octanol–water partition coefficient (Wildman–Crippen LogP) is 2.33. The summed E-state index contributed by atoms with van der Waals surface area (Å²) >= 11 is 0. The number of halogens is 1. The summed E-state index contributed by atoms with van der Waals surface area (Å²) in [6.07, 6.45) is 3.73. The van der Waals surface area contributed by atoms with Crippen LogP contribution in [0.1, 0.15) is 30.5 Å². The highest BCUT2D eigenvalue weighted by atomic mass is 19.1. The number of alkyl halides is 1. The number of hydrogen-bond donors (Lipinski definition) is 1. The normalized spacial score (nSPS) is 27.3. The Labute approximate surface area is 89.9 Å². The molecular weight excluding hydrogens is 191 g/mol. The lowest BCUT2D eigenvalue weighted by Gasteiger charge is -2.23. The number of rotatable bonds is 1. The molecule has 0 radical (unpaired) electrons. The van der Waals surface area contributed by atoms with Crippen LogP contribution in [0.4, 0.5) is 4.39 Å². The van der Waals surface area contributed by atoms with Crippen LogP contribution in [0.3, 0.4) is 0 Å². The second-order valence-corrected chi connectivity index (χ2v) is 4.26. The van der Waals surface area contributed by atoms with Crippen LogP contribution in [0, 0.1) is 6.92 Å². The first-order chi connectivity index (χ1) is 7.21. The number of nitrogens with one attached hydrogen (secondary N) is 1. The molecule has 2 rings (SSSR count). The Morgan fingerprint density at radius 2 is 2.20 bits per heavy atom. The molecule has 0 saturated carbocycles. The molecule has 1 aliphatic rings. The summed E-state index contributed by atoms with van der Waals surface area (Å²) in [7, 11) is 0. The van der Waals surface area contributed by atoms with E-state index in [1.807, 2.05) is 19.1 Å². The van der Waals surface area contributed by atoms with E-state index >= 15 is 0 Å². The summed E-state index contributed by atoms with van der Waals surface area (Å²) in [6.45, 7) is 3.60. The molecule has 2 nitrogen and oxygen atoms in total. The fraction of sp³-hybridized carbons (Fsp3) is 0.583. The van der Waals surface area contributed by atoms with E-state index in [1.165, 1.54) is 0 Å². The molecule has 1 aliphatic heterocycles. The molecule has 1 saturated heterocycles. The molecule has 1 N–H and O–H groups in total. The van der Waals surface area contributed by atoms with Crippen molar-refractivity contribution in [2.24, 2.45) is 0 Å². The SMILES string of the molecule is Cc1ccc(C2(F)CCCNCC2)cn1. The van der Waals surface area contributed by atoms with Crippen molar-refractivity contribution < 1.29 is 4.39 Å². The molecule has 1 atom stereocenters. The van der Waals surface area contributed by atoms with Crippen LogP contribution in [0.5, 0.6) is 0 Å². The summed E-state index contributed by atoms with van der Waals surface area (Å²) in [5.74, 6) is 0.